The van der Waals surface area contributed by atoms with Crippen molar-refractivity contribution in [2.24, 2.45) is 23.5 Å². The standard InChI is InChI=1S/C27H35FN4O7/c1-10(2)8-31-9-13-18(28)12-6-11-7-14-20(32(4)5)23(35)17(26(29)38)25(37)27(14,39)24(36)15(11)21(33)16(12)22(34)19(13)30-3/h10-11,14,20,30-31,33-34,37,39H,6-9H2,1-5H3,(H2,29,38)/t11-,14-,20-,27-/m0/s1. The second kappa shape index (κ2) is 9.92. The molecule has 1 saturated carbocycles. The molecule has 1 fully saturated rings. The Balaban J connectivity index is 1.93. The van der Waals surface area contributed by atoms with Gasteiger partial charge in [0.05, 0.1) is 17.3 Å². The number of primary amides is 1. The summed E-state index contributed by atoms with van der Waals surface area (Å²) in [7, 11) is 4.51. The summed E-state index contributed by atoms with van der Waals surface area (Å²) in [6.07, 6.45) is -0.226. The van der Waals surface area contributed by atoms with Crippen LogP contribution in [0.15, 0.2) is 16.9 Å². The van der Waals surface area contributed by atoms with E-state index < -0.39 is 69.6 Å². The van der Waals surface area contributed by atoms with Crippen LogP contribution in [0.1, 0.15) is 37.0 Å². The number of nitrogens with two attached hydrogens (primary N) is 1. The van der Waals surface area contributed by atoms with E-state index in [4.69, 9.17) is 5.73 Å². The molecule has 39 heavy (non-hydrogen) atoms. The van der Waals surface area contributed by atoms with Gasteiger partial charge in [-0.25, -0.2) is 4.39 Å². The zero-order chi connectivity index (χ0) is 29.1. The van der Waals surface area contributed by atoms with E-state index in [1.807, 2.05) is 13.8 Å². The number of hydrogen-bond donors (Lipinski definition) is 7. The van der Waals surface area contributed by atoms with Gasteiger partial charge in [-0.1, -0.05) is 13.8 Å². The quantitative estimate of drug-likeness (QED) is 0.191. The maximum atomic E-state index is 16.0. The van der Waals surface area contributed by atoms with Crippen LogP contribution in [0.25, 0.3) is 5.76 Å². The lowest BCUT2D eigenvalue weighted by molar-refractivity contribution is -0.153. The van der Waals surface area contributed by atoms with Gasteiger partial charge in [-0.2, -0.15) is 0 Å². The fourth-order valence-corrected chi connectivity index (χ4v) is 6.31. The smallest absolute Gasteiger partial charge is 0.255 e. The number of aliphatic hydroxyl groups excluding tert-OH is 2. The molecule has 8 N–H and O–H groups in total. The zero-order valence-corrected chi connectivity index (χ0v) is 22.6. The number of phenolic OH excluding ortho intramolecular Hbond substituents is 1. The number of likely N-dealkylation sites (N-methyl/N-ethyl adjacent to an activating group) is 1. The van der Waals surface area contributed by atoms with E-state index in [1.165, 1.54) is 26.0 Å². The van der Waals surface area contributed by atoms with Crippen molar-refractivity contribution in [3.8, 4) is 5.75 Å². The van der Waals surface area contributed by atoms with Crippen LogP contribution in [0.5, 0.6) is 5.75 Å². The summed E-state index contributed by atoms with van der Waals surface area (Å²) in [5.41, 5.74) is 1.26. The fraction of sp³-hybridized carbons (Fsp3) is 0.519. The maximum Gasteiger partial charge on any atom is 0.255 e. The summed E-state index contributed by atoms with van der Waals surface area (Å²) < 4.78 is 16.0. The average Bonchev–Trinajstić information content (AvgIpc) is 2.83. The van der Waals surface area contributed by atoms with Gasteiger partial charge in [0.1, 0.15) is 28.7 Å². The van der Waals surface area contributed by atoms with Crippen molar-refractivity contribution < 1.29 is 39.2 Å². The Labute approximate surface area is 225 Å². The third-order valence-electron chi connectivity index (χ3n) is 8.02. The van der Waals surface area contributed by atoms with E-state index in [-0.39, 0.29) is 47.3 Å². The summed E-state index contributed by atoms with van der Waals surface area (Å²) >= 11 is 0. The maximum absolute atomic E-state index is 16.0. The molecule has 1 aromatic rings. The minimum Gasteiger partial charge on any atom is -0.508 e. The minimum atomic E-state index is -2.74. The van der Waals surface area contributed by atoms with E-state index in [2.05, 4.69) is 10.6 Å². The van der Waals surface area contributed by atoms with E-state index >= 15 is 4.39 Å². The predicted octanol–water partition coefficient (Wildman–Crippen LogP) is 0.890. The molecule has 4 rings (SSSR count). The van der Waals surface area contributed by atoms with Crippen LogP contribution < -0.4 is 16.4 Å². The van der Waals surface area contributed by atoms with Gasteiger partial charge in [0.15, 0.2) is 11.4 Å². The molecule has 1 aromatic carbocycles. The van der Waals surface area contributed by atoms with Crippen LogP contribution in [-0.2, 0) is 27.3 Å². The number of carbonyl (C=O) groups excluding carboxylic acids is 3. The van der Waals surface area contributed by atoms with Crippen LogP contribution in [-0.4, -0.2) is 82.1 Å². The molecule has 0 radical (unpaired) electrons. The first-order valence-corrected chi connectivity index (χ1v) is 12.8. The molecule has 0 unspecified atom stereocenters. The number of benzene rings is 1. The van der Waals surface area contributed by atoms with Crippen molar-refractivity contribution in [3.05, 3.63) is 39.4 Å². The average molecular weight is 547 g/mol. The third kappa shape index (κ3) is 4.09. The molecule has 0 spiro atoms. The predicted molar refractivity (Wildman–Crippen MR) is 140 cm³/mol. The molecule has 0 bridgehead atoms. The zero-order valence-electron chi connectivity index (χ0n) is 22.6. The Morgan fingerprint density at radius 1 is 1.23 bits per heavy atom. The molecule has 4 atom stereocenters. The number of phenols is 1. The van der Waals surface area contributed by atoms with Crippen molar-refractivity contribution in [2.75, 3.05) is 33.0 Å². The Hall–Kier alpha value is -3.48. The first kappa shape index (κ1) is 28.5. The van der Waals surface area contributed by atoms with Crippen LogP contribution >= 0.6 is 0 Å². The first-order valence-electron chi connectivity index (χ1n) is 12.8. The van der Waals surface area contributed by atoms with Gasteiger partial charge < -0.3 is 36.8 Å². The number of anilines is 1. The van der Waals surface area contributed by atoms with Gasteiger partial charge >= 0.3 is 0 Å². The van der Waals surface area contributed by atoms with Crippen LogP contribution in [0.4, 0.5) is 10.1 Å². The lowest BCUT2D eigenvalue weighted by atomic mass is 9.57. The highest BCUT2D eigenvalue weighted by Crippen LogP contribution is 2.54. The molecular weight excluding hydrogens is 511 g/mol. The molecule has 212 valence electrons. The van der Waals surface area contributed by atoms with E-state index in [0.29, 0.717) is 12.5 Å². The number of rotatable bonds is 7. The van der Waals surface area contributed by atoms with Crippen molar-refractivity contribution in [3.63, 3.8) is 0 Å². The van der Waals surface area contributed by atoms with Gasteiger partial charge in [-0.15, -0.1) is 0 Å². The number of fused-ring (bicyclic) bond motifs is 3. The van der Waals surface area contributed by atoms with Crippen molar-refractivity contribution in [1.82, 2.24) is 10.2 Å². The second-order valence-electron chi connectivity index (χ2n) is 11.1. The monoisotopic (exact) mass is 546 g/mol. The van der Waals surface area contributed by atoms with Crippen LogP contribution in [0, 0.1) is 23.6 Å². The SMILES string of the molecule is CNc1c(O)c2c(c(F)c1CNCC(C)C)C[C@H]1C[C@H]3[C@H](N(C)C)C(=O)C(C(N)=O)=C(O)[C@@]3(O)C(=O)C1=C2O. The van der Waals surface area contributed by atoms with E-state index in [9.17, 15) is 34.8 Å². The number of hydrogen-bond acceptors (Lipinski definition) is 10. The molecule has 0 aromatic heterocycles. The third-order valence-corrected chi connectivity index (χ3v) is 8.02. The van der Waals surface area contributed by atoms with E-state index in [0.717, 1.165) is 0 Å². The highest BCUT2D eigenvalue weighted by Gasteiger charge is 2.64. The van der Waals surface area contributed by atoms with Gasteiger partial charge in [0.2, 0.25) is 5.78 Å². The topological polar surface area (TPSA) is 185 Å². The molecule has 1 amide bonds. The van der Waals surface area contributed by atoms with Crippen LogP contribution in [0.2, 0.25) is 0 Å². The number of halogens is 1. The molecule has 3 aliphatic rings. The van der Waals surface area contributed by atoms with Crippen molar-refractivity contribution in [2.45, 2.75) is 44.9 Å². The number of aliphatic hydroxyl groups is 3. The number of carbonyl (C=O) groups is 3. The number of nitrogens with zero attached hydrogens (tertiary/aromatic N) is 1. The normalized spacial score (nSPS) is 26.6. The highest BCUT2D eigenvalue weighted by atomic mass is 19.1. The van der Waals surface area contributed by atoms with Gasteiger partial charge in [0.25, 0.3) is 5.91 Å². The van der Waals surface area contributed by atoms with Crippen molar-refractivity contribution >= 4 is 28.9 Å². The molecule has 0 heterocycles. The fourth-order valence-electron chi connectivity index (χ4n) is 6.31. The lowest BCUT2D eigenvalue weighted by Gasteiger charge is -2.50. The molecule has 12 heteroatoms. The molecule has 11 nitrogen and oxygen atoms in total. The van der Waals surface area contributed by atoms with Gasteiger partial charge in [-0.3, -0.25) is 19.3 Å². The molecule has 0 aliphatic heterocycles. The summed E-state index contributed by atoms with van der Waals surface area (Å²) in [6, 6.07) is -1.21. The van der Waals surface area contributed by atoms with E-state index in [1.54, 1.807) is 0 Å². The Bertz CT molecular complexity index is 1340. The Morgan fingerprint density at radius 2 is 1.87 bits per heavy atom. The minimum absolute atomic E-state index is 0.00142. The lowest BCUT2D eigenvalue weighted by Crippen LogP contribution is -2.65. The van der Waals surface area contributed by atoms with Crippen LogP contribution in [0.3, 0.4) is 0 Å². The molecule has 0 saturated heterocycles. The number of nitrogens with one attached hydrogen (secondary N) is 2. The number of amides is 1. The van der Waals surface area contributed by atoms with Gasteiger partial charge in [-0.05, 0) is 45.3 Å². The van der Waals surface area contributed by atoms with Gasteiger partial charge in [0, 0.05) is 36.2 Å². The number of aromatic hydroxyl groups is 1. The Kier molecular flexibility index (Phi) is 7.26. The number of Topliss-reactive ketones (excluding diaryl/α,β-unsaturated/α-hetero) is 2. The summed E-state index contributed by atoms with van der Waals surface area (Å²) in [5.74, 6) is -8.11. The summed E-state index contributed by atoms with van der Waals surface area (Å²) in [5, 5.41) is 50.8. The number of ketones is 2. The van der Waals surface area contributed by atoms with Crippen molar-refractivity contribution in [1.29, 1.82) is 0 Å². The largest absolute Gasteiger partial charge is 0.508 e. The second-order valence-corrected chi connectivity index (χ2v) is 11.1. The Morgan fingerprint density at radius 3 is 2.41 bits per heavy atom. The highest BCUT2D eigenvalue weighted by molar-refractivity contribution is 6.24. The summed E-state index contributed by atoms with van der Waals surface area (Å²) in [6.45, 7) is 4.68. The molecule has 3 aliphatic carbocycles. The first-order chi connectivity index (χ1) is 18.2. The molecular formula is C27H35FN4O7. The summed E-state index contributed by atoms with van der Waals surface area (Å²) in [4.78, 5) is 40.5.